The summed E-state index contributed by atoms with van der Waals surface area (Å²) in [7, 11) is 0. The maximum Gasteiger partial charge on any atom is 0.122 e. The summed E-state index contributed by atoms with van der Waals surface area (Å²) >= 11 is 0. The van der Waals surface area contributed by atoms with E-state index in [1.54, 1.807) is 6.33 Å². The molecule has 1 aromatic heterocycles. The van der Waals surface area contributed by atoms with Gasteiger partial charge >= 0.3 is 0 Å². The van der Waals surface area contributed by atoms with Crippen LogP contribution in [0.5, 0.6) is 5.75 Å². The van der Waals surface area contributed by atoms with Crippen LogP contribution in [0, 0.1) is 0 Å². The SMILES string of the molecule is c1ncc2c(n1)CCN(Cc1ccc3c(c1)CCO3)C2. The van der Waals surface area contributed by atoms with Gasteiger partial charge in [0.05, 0.1) is 6.61 Å². The van der Waals surface area contributed by atoms with Crippen molar-refractivity contribution in [1.82, 2.24) is 14.9 Å². The van der Waals surface area contributed by atoms with Gasteiger partial charge in [-0.1, -0.05) is 12.1 Å². The summed E-state index contributed by atoms with van der Waals surface area (Å²) in [4.78, 5) is 10.9. The van der Waals surface area contributed by atoms with E-state index in [9.17, 15) is 0 Å². The first-order chi connectivity index (χ1) is 9.88. The lowest BCUT2D eigenvalue weighted by molar-refractivity contribution is 0.243. The minimum absolute atomic E-state index is 0.827. The Labute approximate surface area is 118 Å². The molecule has 0 aliphatic carbocycles. The van der Waals surface area contributed by atoms with Crippen LogP contribution in [0.2, 0.25) is 0 Å². The van der Waals surface area contributed by atoms with Crippen molar-refractivity contribution in [1.29, 1.82) is 0 Å². The Morgan fingerprint density at radius 1 is 1.20 bits per heavy atom. The number of hydrogen-bond donors (Lipinski definition) is 0. The van der Waals surface area contributed by atoms with Crippen molar-refractivity contribution in [2.75, 3.05) is 13.2 Å². The van der Waals surface area contributed by atoms with E-state index in [2.05, 4.69) is 33.1 Å². The highest BCUT2D eigenvalue weighted by molar-refractivity contribution is 5.39. The molecule has 0 atom stereocenters. The van der Waals surface area contributed by atoms with E-state index in [4.69, 9.17) is 4.74 Å². The molecule has 0 saturated heterocycles. The number of aromatic nitrogens is 2. The molecule has 20 heavy (non-hydrogen) atoms. The lowest BCUT2D eigenvalue weighted by atomic mass is 10.0. The first-order valence-corrected chi connectivity index (χ1v) is 7.13. The summed E-state index contributed by atoms with van der Waals surface area (Å²) in [5, 5.41) is 0. The molecule has 0 radical (unpaired) electrons. The van der Waals surface area contributed by atoms with Gasteiger partial charge in [0, 0.05) is 49.9 Å². The van der Waals surface area contributed by atoms with Crippen molar-refractivity contribution >= 4 is 0 Å². The molecule has 0 unspecified atom stereocenters. The van der Waals surface area contributed by atoms with Gasteiger partial charge in [-0.2, -0.15) is 0 Å². The van der Waals surface area contributed by atoms with E-state index in [0.717, 1.165) is 44.8 Å². The molecule has 2 aliphatic heterocycles. The first kappa shape index (κ1) is 11.9. The van der Waals surface area contributed by atoms with Crippen molar-refractivity contribution in [2.24, 2.45) is 0 Å². The fourth-order valence-corrected chi connectivity index (χ4v) is 3.06. The molecule has 2 aromatic rings. The molecule has 3 heterocycles. The van der Waals surface area contributed by atoms with E-state index >= 15 is 0 Å². The monoisotopic (exact) mass is 267 g/mol. The normalized spacial score (nSPS) is 17.4. The largest absolute Gasteiger partial charge is 0.493 e. The average molecular weight is 267 g/mol. The molecule has 2 aliphatic rings. The van der Waals surface area contributed by atoms with Gasteiger partial charge in [-0.3, -0.25) is 4.90 Å². The maximum atomic E-state index is 5.56. The highest BCUT2D eigenvalue weighted by atomic mass is 16.5. The molecular formula is C16H17N3O. The van der Waals surface area contributed by atoms with E-state index in [0.29, 0.717) is 0 Å². The Morgan fingerprint density at radius 3 is 3.20 bits per heavy atom. The zero-order chi connectivity index (χ0) is 13.4. The molecule has 102 valence electrons. The van der Waals surface area contributed by atoms with Crippen LogP contribution >= 0.6 is 0 Å². The second-order valence-electron chi connectivity index (χ2n) is 5.50. The number of benzene rings is 1. The highest BCUT2D eigenvalue weighted by Gasteiger charge is 2.18. The van der Waals surface area contributed by atoms with E-state index in [-0.39, 0.29) is 0 Å². The second kappa shape index (κ2) is 4.87. The van der Waals surface area contributed by atoms with Crippen LogP contribution < -0.4 is 4.74 Å². The minimum Gasteiger partial charge on any atom is -0.493 e. The molecule has 4 heteroatoms. The molecular weight excluding hydrogens is 250 g/mol. The number of fused-ring (bicyclic) bond motifs is 2. The molecule has 0 amide bonds. The number of nitrogens with zero attached hydrogens (tertiary/aromatic N) is 3. The third kappa shape index (κ3) is 2.16. The fraction of sp³-hybridized carbons (Fsp3) is 0.375. The van der Waals surface area contributed by atoms with Crippen molar-refractivity contribution < 1.29 is 4.74 Å². The minimum atomic E-state index is 0.827. The lowest BCUT2D eigenvalue weighted by Gasteiger charge is -2.27. The van der Waals surface area contributed by atoms with Crippen LogP contribution in [-0.2, 0) is 25.9 Å². The molecule has 4 nitrogen and oxygen atoms in total. The van der Waals surface area contributed by atoms with Crippen LogP contribution in [0.3, 0.4) is 0 Å². The third-order valence-corrected chi connectivity index (χ3v) is 4.10. The second-order valence-corrected chi connectivity index (χ2v) is 5.50. The molecule has 0 bridgehead atoms. The molecule has 0 fully saturated rings. The lowest BCUT2D eigenvalue weighted by Crippen LogP contribution is -2.30. The van der Waals surface area contributed by atoms with Gasteiger partial charge in [-0.05, 0) is 17.2 Å². The summed E-state index contributed by atoms with van der Waals surface area (Å²) in [6, 6.07) is 6.58. The van der Waals surface area contributed by atoms with E-state index < -0.39 is 0 Å². The molecule has 0 N–H and O–H groups in total. The van der Waals surface area contributed by atoms with Gasteiger partial charge < -0.3 is 4.74 Å². The fourth-order valence-electron chi connectivity index (χ4n) is 3.06. The predicted molar refractivity (Wildman–Crippen MR) is 75.5 cm³/mol. The Hall–Kier alpha value is -1.94. The van der Waals surface area contributed by atoms with Crippen molar-refractivity contribution in [2.45, 2.75) is 25.9 Å². The quantitative estimate of drug-likeness (QED) is 0.834. The molecule has 0 spiro atoms. The van der Waals surface area contributed by atoms with Gasteiger partial charge in [0.25, 0.3) is 0 Å². The van der Waals surface area contributed by atoms with Crippen LogP contribution in [0.1, 0.15) is 22.4 Å². The van der Waals surface area contributed by atoms with Crippen LogP contribution in [-0.4, -0.2) is 28.0 Å². The smallest absolute Gasteiger partial charge is 0.122 e. The molecule has 1 aromatic carbocycles. The standard InChI is InChI=1S/C16H17N3O/c1-2-16-13(4-6-20-16)7-12(1)9-19-5-3-15-14(10-19)8-17-11-18-15/h1-2,7-8,11H,3-6,9-10H2. The zero-order valence-electron chi connectivity index (χ0n) is 11.4. The Kier molecular flexibility index (Phi) is 2.89. The van der Waals surface area contributed by atoms with E-state index in [1.165, 1.54) is 22.4 Å². The summed E-state index contributed by atoms with van der Waals surface area (Å²) in [5.41, 5.74) is 5.19. The van der Waals surface area contributed by atoms with Crippen molar-refractivity contribution in [3.8, 4) is 5.75 Å². The van der Waals surface area contributed by atoms with E-state index in [1.807, 2.05) is 6.20 Å². The predicted octanol–water partition coefficient (Wildman–Crippen LogP) is 1.97. The maximum absolute atomic E-state index is 5.56. The van der Waals surface area contributed by atoms with Crippen LogP contribution in [0.4, 0.5) is 0 Å². The molecule has 4 rings (SSSR count). The van der Waals surface area contributed by atoms with Crippen molar-refractivity contribution in [3.05, 3.63) is 53.1 Å². The van der Waals surface area contributed by atoms with Crippen molar-refractivity contribution in [3.63, 3.8) is 0 Å². The van der Waals surface area contributed by atoms with Gasteiger partial charge in [-0.15, -0.1) is 0 Å². The topological polar surface area (TPSA) is 38.2 Å². The highest BCUT2D eigenvalue weighted by Crippen LogP contribution is 2.27. The van der Waals surface area contributed by atoms with Gasteiger partial charge in [0.2, 0.25) is 0 Å². The number of rotatable bonds is 2. The summed E-state index contributed by atoms with van der Waals surface area (Å²) in [5.74, 6) is 1.06. The number of hydrogen-bond acceptors (Lipinski definition) is 4. The average Bonchev–Trinajstić information content (AvgIpc) is 2.95. The van der Waals surface area contributed by atoms with Crippen LogP contribution in [0.25, 0.3) is 0 Å². The third-order valence-electron chi connectivity index (χ3n) is 4.10. The number of ether oxygens (including phenoxy) is 1. The summed E-state index contributed by atoms with van der Waals surface area (Å²) in [6.07, 6.45) is 5.66. The van der Waals surface area contributed by atoms with Gasteiger partial charge in [0.1, 0.15) is 12.1 Å². The van der Waals surface area contributed by atoms with Gasteiger partial charge in [0.15, 0.2) is 0 Å². The van der Waals surface area contributed by atoms with Crippen LogP contribution in [0.15, 0.2) is 30.7 Å². The Morgan fingerprint density at radius 2 is 2.20 bits per heavy atom. The Balaban J connectivity index is 1.50. The summed E-state index contributed by atoms with van der Waals surface area (Å²) < 4.78 is 5.56. The molecule has 0 saturated carbocycles. The zero-order valence-corrected chi connectivity index (χ0v) is 11.4. The Bertz CT molecular complexity index is 641. The first-order valence-electron chi connectivity index (χ1n) is 7.13. The summed E-state index contributed by atoms with van der Waals surface area (Å²) in [6.45, 7) is 3.83. The van der Waals surface area contributed by atoms with Gasteiger partial charge in [-0.25, -0.2) is 9.97 Å².